The maximum Gasteiger partial charge on any atom is 0.340 e. The highest BCUT2D eigenvalue weighted by molar-refractivity contribution is 9.10. The number of ether oxygens (including phenoxy) is 1. The molecule has 0 aliphatic carbocycles. The summed E-state index contributed by atoms with van der Waals surface area (Å²) in [5, 5.41) is 2.76. The van der Waals surface area contributed by atoms with E-state index in [1.54, 1.807) is 12.3 Å². The quantitative estimate of drug-likeness (QED) is 0.841. The fourth-order valence-electron chi connectivity index (χ4n) is 1.20. The number of pyridine rings is 1. The lowest BCUT2D eigenvalue weighted by atomic mass is 10.1. The number of nitrogens with zero attached hydrogens (tertiary/aromatic N) is 1. The van der Waals surface area contributed by atoms with Crippen LogP contribution in [0.1, 0.15) is 31.1 Å². The van der Waals surface area contributed by atoms with Crippen LogP contribution in [0, 0.1) is 5.92 Å². The van der Waals surface area contributed by atoms with Crippen molar-refractivity contribution in [2.24, 2.45) is 5.92 Å². The van der Waals surface area contributed by atoms with Crippen molar-refractivity contribution >= 4 is 27.8 Å². The molecule has 19 heavy (non-hydrogen) atoms. The lowest BCUT2D eigenvalue weighted by molar-refractivity contribution is -0.125. The first-order valence-electron chi connectivity index (χ1n) is 5.97. The zero-order chi connectivity index (χ0) is 14.4. The van der Waals surface area contributed by atoms with Gasteiger partial charge < -0.3 is 10.1 Å². The van der Waals surface area contributed by atoms with E-state index in [9.17, 15) is 9.59 Å². The van der Waals surface area contributed by atoms with Gasteiger partial charge in [0.05, 0.1) is 5.56 Å². The second-order valence-corrected chi connectivity index (χ2v) is 5.48. The average molecular weight is 329 g/mol. The minimum atomic E-state index is -0.568. The normalized spacial score (nSPS) is 12.1. The Kier molecular flexibility index (Phi) is 5.95. The molecule has 1 heterocycles. The monoisotopic (exact) mass is 328 g/mol. The summed E-state index contributed by atoms with van der Waals surface area (Å²) < 4.78 is 5.59. The number of carbonyl (C=O) groups excluding carboxylic acids is 2. The third-order valence-corrected chi connectivity index (χ3v) is 3.10. The molecule has 0 unspecified atom stereocenters. The second kappa shape index (κ2) is 7.23. The van der Waals surface area contributed by atoms with Gasteiger partial charge in [-0.05, 0) is 34.8 Å². The van der Waals surface area contributed by atoms with Gasteiger partial charge in [-0.2, -0.15) is 0 Å². The van der Waals surface area contributed by atoms with Gasteiger partial charge in [-0.25, -0.2) is 4.79 Å². The van der Waals surface area contributed by atoms with Gasteiger partial charge in [0.15, 0.2) is 6.61 Å². The van der Waals surface area contributed by atoms with Gasteiger partial charge in [0.2, 0.25) is 0 Å². The minimum Gasteiger partial charge on any atom is -0.452 e. The van der Waals surface area contributed by atoms with Gasteiger partial charge in [0, 0.05) is 22.9 Å². The van der Waals surface area contributed by atoms with Crippen LogP contribution in [-0.2, 0) is 9.53 Å². The van der Waals surface area contributed by atoms with Crippen LogP contribution in [0.4, 0.5) is 0 Å². The fourth-order valence-corrected chi connectivity index (χ4v) is 1.57. The zero-order valence-electron chi connectivity index (χ0n) is 11.1. The number of amides is 1. The predicted molar refractivity (Wildman–Crippen MR) is 74.7 cm³/mol. The van der Waals surface area contributed by atoms with Crippen molar-refractivity contribution in [1.29, 1.82) is 0 Å². The molecule has 104 valence electrons. The Morgan fingerprint density at radius 2 is 2.05 bits per heavy atom. The number of aromatic nitrogens is 1. The molecule has 0 saturated heterocycles. The Morgan fingerprint density at radius 1 is 1.37 bits per heavy atom. The topological polar surface area (TPSA) is 68.3 Å². The first kappa shape index (κ1) is 15.6. The van der Waals surface area contributed by atoms with Crippen LogP contribution in [0.3, 0.4) is 0 Å². The number of hydrogen-bond acceptors (Lipinski definition) is 4. The van der Waals surface area contributed by atoms with Gasteiger partial charge in [-0.3, -0.25) is 9.78 Å². The SMILES string of the molecule is CC(C)[C@@H](C)NC(=O)COC(=O)c1cncc(Br)c1. The zero-order valence-corrected chi connectivity index (χ0v) is 12.7. The summed E-state index contributed by atoms with van der Waals surface area (Å²) in [5.74, 6) is -0.549. The van der Waals surface area contributed by atoms with E-state index >= 15 is 0 Å². The Labute approximate surface area is 120 Å². The number of esters is 1. The maximum absolute atomic E-state index is 11.7. The molecule has 0 fully saturated rings. The average Bonchev–Trinajstić information content (AvgIpc) is 2.35. The number of carbonyl (C=O) groups is 2. The number of rotatable bonds is 5. The van der Waals surface area contributed by atoms with Crippen molar-refractivity contribution in [3.63, 3.8) is 0 Å². The molecule has 1 aromatic heterocycles. The third kappa shape index (κ3) is 5.38. The summed E-state index contributed by atoms with van der Waals surface area (Å²) >= 11 is 3.21. The highest BCUT2D eigenvalue weighted by Gasteiger charge is 2.14. The van der Waals surface area contributed by atoms with E-state index in [1.807, 2.05) is 20.8 Å². The molecule has 0 aliphatic heterocycles. The summed E-state index contributed by atoms with van der Waals surface area (Å²) in [4.78, 5) is 27.1. The van der Waals surface area contributed by atoms with E-state index in [0.29, 0.717) is 16.0 Å². The first-order chi connectivity index (χ1) is 8.90. The highest BCUT2D eigenvalue weighted by Crippen LogP contribution is 2.10. The molecule has 0 radical (unpaired) electrons. The van der Waals surface area contributed by atoms with Gasteiger partial charge in [0.25, 0.3) is 5.91 Å². The molecule has 1 atom stereocenters. The molecule has 1 N–H and O–H groups in total. The minimum absolute atomic E-state index is 0.0405. The molecule has 0 aliphatic rings. The standard InChI is InChI=1S/C13H17BrN2O3/c1-8(2)9(3)16-12(17)7-19-13(18)10-4-11(14)6-15-5-10/h4-6,8-9H,7H2,1-3H3,(H,16,17)/t9-/m1/s1. The van der Waals surface area contributed by atoms with Crippen LogP contribution < -0.4 is 5.32 Å². The Bertz CT molecular complexity index is 463. The molecule has 5 nitrogen and oxygen atoms in total. The van der Waals surface area contributed by atoms with Crippen molar-refractivity contribution in [3.05, 3.63) is 28.5 Å². The van der Waals surface area contributed by atoms with Crippen molar-refractivity contribution < 1.29 is 14.3 Å². The lowest BCUT2D eigenvalue weighted by Gasteiger charge is -2.17. The molecule has 1 aromatic rings. The van der Waals surface area contributed by atoms with Crippen molar-refractivity contribution in [2.75, 3.05) is 6.61 Å². The Balaban J connectivity index is 2.44. The molecular weight excluding hydrogens is 312 g/mol. The smallest absolute Gasteiger partial charge is 0.340 e. The molecule has 1 amide bonds. The van der Waals surface area contributed by atoms with E-state index in [4.69, 9.17) is 4.74 Å². The Hall–Kier alpha value is -1.43. The van der Waals surface area contributed by atoms with Crippen molar-refractivity contribution in [1.82, 2.24) is 10.3 Å². The summed E-state index contributed by atoms with van der Waals surface area (Å²) in [7, 11) is 0. The predicted octanol–water partition coefficient (Wildman–Crippen LogP) is 2.16. The maximum atomic E-state index is 11.7. The van der Waals surface area contributed by atoms with Gasteiger partial charge in [0.1, 0.15) is 0 Å². The van der Waals surface area contributed by atoms with Crippen LogP contribution in [-0.4, -0.2) is 29.5 Å². The van der Waals surface area contributed by atoms with E-state index in [-0.39, 0.29) is 18.6 Å². The highest BCUT2D eigenvalue weighted by atomic mass is 79.9. The van der Waals surface area contributed by atoms with Gasteiger partial charge >= 0.3 is 5.97 Å². The second-order valence-electron chi connectivity index (χ2n) is 4.57. The lowest BCUT2D eigenvalue weighted by Crippen LogP contribution is -2.38. The van der Waals surface area contributed by atoms with Crippen LogP contribution in [0.2, 0.25) is 0 Å². The van der Waals surface area contributed by atoms with Crippen LogP contribution in [0.5, 0.6) is 0 Å². The number of halogens is 1. The Morgan fingerprint density at radius 3 is 2.63 bits per heavy atom. The summed E-state index contributed by atoms with van der Waals surface area (Å²) in [6, 6.07) is 1.63. The molecule has 0 bridgehead atoms. The van der Waals surface area contributed by atoms with Gasteiger partial charge in [-0.15, -0.1) is 0 Å². The van der Waals surface area contributed by atoms with Crippen LogP contribution >= 0.6 is 15.9 Å². The summed E-state index contributed by atoms with van der Waals surface area (Å²) in [5.41, 5.74) is 0.305. The molecule has 6 heteroatoms. The van der Waals surface area contributed by atoms with E-state index < -0.39 is 5.97 Å². The van der Waals surface area contributed by atoms with E-state index in [0.717, 1.165) is 0 Å². The molecular formula is C13H17BrN2O3. The first-order valence-corrected chi connectivity index (χ1v) is 6.76. The van der Waals surface area contributed by atoms with Crippen LogP contribution in [0.15, 0.2) is 22.9 Å². The number of hydrogen-bond donors (Lipinski definition) is 1. The van der Waals surface area contributed by atoms with Crippen LogP contribution in [0.25, 0.3) is 0 Å². The van der Waals surface area contributed by atoms with Crippen molar-refractivity contribution in [3.8, 4) is 0 Å². The summed E-state index contributed by atoms with van der Waals surface area (Å²) in [6.07, 6.45) is 2.95. The van der Waals surface area contributed by atoms with Gasteiger partial charge in [-0.1, -0.05) is 13.8 Å². The molecule has 0 spiro atoms. The molecule has 0 saturated carbocycles. The summed E-state index contributed by atoms with van der Waals surface area (Å²) in [6.45, 7) is 5.62. The third-order valence-electron chi connectivity index (χ3n) is 2.66. The van der Waals surface area contributed by atoms with E-state index in [1.165, 1.54) is 6.20 Å². The molecule has 0 aromatic carbocycles. The molecule has 1 rings (SSSR count). The van der Waals surface area contributed by atoms with E-state index in [2.05, 4.69) is 26.2 Å². The number of nitrogens with one attached hydrogen (secondary N) is 1. The van der Waals surface area contributed by atoms with Crippen molar-refractivity contribution in [2.45, 2.75) is 26.8 Å². The fraction of sp³-hybridized carbons (Fsp3) is 0.462. The largest absolute Gasteiger partial charge is 0.452 e.